The van der Waals surface area contributed by atoms with Gasteiger partial charge in [0.15, 0.2) is 17.3 Å². The first kappa shape index (κ1) is 35.0. The lowest BCUT2D eigenvalue weighted by molar-refractivity contribution is -0.159. The number of ketones is 3. The Morgan fingerprint density at radius 3 is 2.13 bits per heavy atom. The van der Waals surface area contributed by atoms with Crippen LogP contribution in [-0.2, 0) is 14.3 Å². The van der Waals surface area contributed by atoms with Crippen molar-refractivity contribution in [1.29, 1.82) is 0 Å². The fourth-order valence-corrected chi connectivity index (χ4v) is 7.79. The van der Waals surface area contributed by atoms with Crippen LogP contribution in [0.5, 0.6) is 0 Å². The highest BCUT2D eigenvalue weighted by Gasteiger charge is 2.67. The zero-order valence-electron chi connectivity index (χ0n) is 28.4. The second-order valence-corrected chi connectivity index (χ2v) is 15.6. The van der Waals surface area contributed by atoms with Gasteiger partial charge in [-0.3, -0.25) is 14.4 Å². The van der Waals surface area contributed by atoms with Crippen LogP contribution < -0.4 is 0 Å². The maximum Gasteiger partial charge on any atom is 0.176 e. The minimum atomic E-state index is -1.69. The molecule has 4 aliphatic rings. The summed E-state index contributed by atoms with van der Waals surface area (Å²) in [6, 6.07) is 8.98. The third kappa shape index (κ3) is 6.54. The van der Waals surface area contributed by atoms with E-state index in [1.165, 1.54) is 13.8 Å². The predicted molar refractivity (Wildman–Crippen MR) is 174 cm³/mol. The molecule has 1 aromatic rings. The van der Waals surface area contributed by atoms with E-state index in [1.54, 1.807) is 38.1 Å². The highest BCUT2D eigenvalue weighted by molar-refractivity contribution is 6.17. The normalized spacial score (nSPS) is 32.3. The molecule has 1 unspecified atom stereocenters. The molecule has 0 radical (unpaired) electrons. The van der Waals surface area contributed by atoms with E-state index in [0.717, 1.165) is 11.1 Å². The quantitative estimate of drug-likeness (QED) is 0.159. The molecule has 5 rings (SSSR count). The number of carbonyl (C=O) groups is 3. The summed E-state index contributed by atoms with van der Waals surface area (Å²) in [6.07, 6.45) is 2.25. The Labute approximate surface area is 268 Å². The Morgan fingerprint density at radius 1 is 1.00 bits per heavy atom. The number of hydrogen-bond donors (Lipinski definition) is 3. The summed E-state index contributed by atoms with van der Waals surface area (Å²) in [6.45, 7) is 16.0. The Bertz CT molecular complexity index is 1410. The number of Topliss-reactive ketones (excluding diaryl/α,β-unsaturated/α-hetero) is 3. The maximum atomic E-state index is 15.2. The number of benzene rings is 1. The molecule has 2 heterocycles. The van der Waals surface area contributed by atoms with Gasteiger partial charge in [-0.15, -0.1) is 0 Å². The van der Waals surface area contributed by atoms with Gasteiger partial charge in [0, 0.05) is 11.1 Å². The first-order valence-electron chi connectivity index (χ1n) is 16.2. The molecule has 7 heteroatoms. The summed E-state index contributed by atoms with van der Waals surface area (Å²) < 4.78 is 6.74. The zero-order chi connectivity index (χ0) is 33.7. The van der Waals surface area contributed by atoms with E-state index in [1.807, 2.05) is 46.8 Å². The molecule has 4 bridgehead atoms. The van der Waals surface area contributed by atoms with Crippen LogP contribution in [-0.4, -0.2) is 56.1 Å². The highest BCUT2D eigenvalue weighted by Crippen LogP contribution is 2.62. The largest absolute Gasteiger partial charge is 0.490 e. The number of ether oxygens (including phenoxy) is 1. The molecule has 3 N–H and O–H groups in total. The summed E-state index contributed by atoms with van der Waals surface area (Å²) in [5.74, 6) is -2.97. The number of aliphatic hydroxyl groups excluding tert-OH is 1. The standard InChI is InChI=1S/C38H52O7/c1-22(2)15-17-25-19-38(21-28(39)35(5,6)43)32(41)26(18-16-23(3)4)31-29(30(40)24-13-11-10-12-14-24)37(25,9)20-27(33(38)42)34(45-31)36(7,8)44/h10-16,25,27-29,34,39,43-44H,17-21H2,1-9H3/b31-26+/t25-,27?,28-,29-,34-,37+,38+/m0/s1. The molecule has 45 heavy (non-hydrogen) atoms. The lowest BCUT2D eigenvalue weighted by Gasteiger charge is -2.47. The van der Waals surface area contributed by atoms with E-state index in [4.69, 9.17) is 4.74 Å². The molecule has 1 saturated heterocycles. The van der Waals surface area contributed by atoms with Crippen LogP contribution in [0.3, 0.4) is 0 Å². The van der Waals surface area contributed by atoms with E-state index >= 15 is 9.59 Å². The van der Waals surface area contributed by atoms with E-state index in [0.29, 0.717) is 12.0 Å². The molecule has 0 amide bonds. The van der Waals surface area contributed by atoms with Gasteiger partial charge in [0.05, 0.1) is 34.6 Å². The fourth-order valence-electron chi connectivity index (χ4n) is 7.79. The molecule has 2 fully saturated rings. The zero-order valence-corrected chi connectivity index (χ0v) is 28.4. The number of allylic oxidation sites excluding steroid dienone is 6. The summed E-state index contributed by atoms with van der Waals surface area (Å²) in [4.78, 5) is 45.1. The lowest BCUT2D eigenvalue weighted by atomic mass is 9.56. The van der Waals surface area contributed by atoms with Crippen LogP contribution in [0.15, 0.2) is 65.0 Å². The third-order valence-corrected chi connectivity index (χ3v) is 10.4. The summed E-state index contributed by atoms with van der Waals surface area (Å²) >= 11 is 0. The molecule has 1 saturated carbocycles. The average molecular weight is 621 g/mol. The van der Waals surface area contributed by atoms with Gasteiger partial charge in [0.25, 0.3) is 0 Å². The van der Waals surface area contributed by atoms with Crippen molar-refractivity contribution in [3.8, 4) is 0 Å². The summed E-state index contributed by atoms with van der Waals surface area (Å²) in [5, 5.41) is 33.8. The van der Waals surface area contributed by atoms with E-state index < -0.39 is 57.6 Å². The van der Waals surface area contributed by atoms with Gasteiger partial charge in [-0.1, -0.05) is 60.6 Å². The Morgan fingerprint density at radius 2 is 1.60 bits per heavy atom. The van der Waals surface area contributed by atoms with E-state index in [2.05, 4.69) is 6.08 Å². The van der Waals surface area contributed by atoms with Crippen LogP contribution in [0.1, 0.15) is 105 Å². The molecule has 1 aromatic carbocycles. The second-order valence-electron chi connectivity index (χ2n) is 15.6. The SMILES string of the molecule is CC(C)=CC/C1=C2\O[C@H](C(C)(C)O)C3C[C@](C)([C@@H](CC=C(C)C)C[C@@](C[C@H](O)C(C)(C)O)(C1=O)C3=O)[C@H]2C(=O)c1ccccc1. The van der Waals surface area contributed by atoms with Crippen LogP contribution in [0, 0.1) is 28.6 Å². The number of aliphatic hydroxyl groups is 3. The number of carbonyl (C=O) groups excluding carboxylic acids is 3. The number of hydrogen-bond acceptors (Lipinski definition) is 7. The molecule has 0 spiro atoms. The smallest absolute Gasteiger partial charge is 0.176 e. The van der Waals surface area contributed by atoms with Crippen molar-refractivity contribution >= 4 is 17.3 Å². The molecular weight excluding hydrogens is 568 g/mol. The van der Waals surface area contributed by atoms with E-state index in [9.17, 15) is 20.1 Å². The fraction of sp³-hybridized carbons (Fsp3) is 0.605. The van der Waals surface area contributed by atoms with Crippen molar-refractivity contribution < 1.29 is 34.4 Å². The summed E-state index contributed by atoms with van der Waals surface area (Å²) in [7, 11) is 0. The van der Waals surface area contributed by atoms with Crippen molar-refractivity contribution in [2.24, 2.45) is 28.6 Å². The van der Waals surface area contributed by atoms with Crippen LogP contribution in [0.25, 0.3) is 0 Å². The molecule has 7 atom stereocenters. The minimum absolute atomic E-state index is 0.108. The van der Waals surface area contributed by atoms with Gasteiger partial charge in [-0.05, 0) is 98.8 Å². The van der Waals surface area contributed by atoms with Gasteiger partial charge in [0.2, 0.25) is 0 Å². The van der Waals surface area contributed by atoms with Crippen molar-refractivity contribution in [1.82, 2.24) is 0 Å². The monoisotopic (exact) mass is 620 g/mol. The average Bonchev–Trinajstić information content (AvgIpc) is 3.12. The van der Waals surface area contributed by atoms with Crippen molar-refractivity contribution in [3.05, 3.63) is 70.5 Å². The van der Waals surface area contributed by atoms with Gasteiger partial charge >= 0.3 is 0 Å². The van der Waals surface area contributed by atoms with E-state index in [-0.39, 0.29) is 48.7 Å². The first-order chi connectivity index (χ1) is 20.7. The van der Waals surface area contributed by atoms with Gasteiger partial charge < -0.3 is 20.1 Å². The molecule has 2 aliphatic carbocycles. The van der Waals surface area contributed by atoms with Gasteiger partial charge in [-0.25, -0.2) is 0 Å². The first-order valence-corrected chi connectivity index (χ1v) is 16.2. The number of fused-ring (bicyclic) bond motifs is 3. The van der Waals surface area contributed by atoms with Gasteiger partial charge in [-0.2, -0.15) is 0 Å². The topological polar surface area (TPSA) is 121 Å². The molecule has 0 aromatic heterocycles. The Kier molecular flexibility index (Phi) is 9.63. The minimum Gasteiger partial charge on any atom is -0.490 e. The maximum absolute atomic E-state index is 15.2. The summed E-state index contributed by atoms with van der Waals surface area (Å²) in [5.41, 5.74) is -2.89. The third-order valence-electron chi connectivity index (χ3n) is 10.4. The Balaban J connectivity index is 2.18. The second kappa shape index (κ2) is 12.4. The van der Waals surface area contributed by atoms with Crippen molar-refractivity contribution in [2.75, 3.05) is 0 Å². The molecular formula is C38H52O7. The number of rotatable bonds is 10. The van der Waals surface area contributed by atoms with Crippen molar-refractivity contribution in [3.63, 3.8) is 0 Å². The van der Waals surface area contributed by atoms with Crippen LogP contribution in [0.2, 0.25) is 0 Å². The Hall–Kier alpha value is -2.87. The van der Waals surface area contributed by atoms with Gasteiger partial charge in [0.1, 0.15) is 11.9 Å². The lowest BCUT2D eigenvalue weighted by Crippen LogP contribution is -2.56. The van der Waals surface area contributed by atoms with Crippen LogP contribution in [0.4, 0.5) is 0 Å². The van der Waals surface area contributed by atoms with Crippen molar-refractivity contribution in [2.45, 2.75) is 118 Å². The molecule has 7 nitrogen and oxygen atoms in total. The van der Waals surface area contributed by atoms with Crippen LogP contribution >= 0.6 is 0 Å². The molecule has 2 aliphatic heterocycles. The molecule has 246 valence electrons. The predicted octanol–water partition coefficient (Wildman–Crippen LogP) is 6.31. The highest BCUT2D eigenvalue weighted by atomic mass is 16.5.